The maximum atomic E-state index is 12.8. The molecule has 2 bridgehead atoms. The number of carbonyl (C=O) groups excluding carboxylic acids is 1. The number of hydrogen-bond donors (Lipinski definition) is 1. The molecule has 1 aromatic heterocycles. The Morgan fingerprint density at radius 2 is 2.26 bits per heavy atom. The Kier molecular flexibility index (Phi) is 3.73. The van der Waals surface area contributed by atoms with E-state index in [1.807, 2.05) is 17.2 Å². The zero-order chi connectivity index (χ0) is 16.0. The standard InChI is InChI=1S/C16H14BrClN4O/c17-12-5-9(1-3-13(12)18)21-16(23)22-10-2-4-15(22)11-7-19-8-20-14(11)6-10/h1,3,5,7-8,10,15H,2,4,6H2,(H,21,23)/t10-,15+/m0/s1. The maximum Gasteiger partial charge on any atom is 0.322 e. The molecular formula is C16H14BrClN4O. The molecule has 2 aromatic rings. The van der Waals surface area contributed by atoms with Crippen molar-refractivity contribution in [1.29, 1.82) is 0 Å². The van der Waals surface area contributed by atoms with Gasteiger partial charge >= 0.3 is 6.03 Å². The number of nitrogens with zero attached hydrogens (tertiary/aromatic N) is 3. The zero-order valence-electron chi connectivity index (χ0n) is 12.2. The fourth-order valence-electron chi connectivity index (χ4n) is 3.50. The Hall–Kier alpha value is -1.66. The van der Waals surface area contributed by atoms with E-state index in [0.29, 0.717) is 5.02 Å². The van der Waals surface area contributed by atoms with Gasteiger partial charge in [0.2, 0.25) is 0 Å². The Morgan fingerprint density at radius 1 is 1.39 bits per heavy atom. The monoisotopic (exact) mass is 392 g/mol. The number of hydrogen-bond acceptors (Lipinski definition) is 3. The van der Waals surface area contributed by atoms with Crippen LogP contribution in [0.3, 0.4) is 0 Å². The molecule has 0 radical (unpaired) electrons. The van der Waals surface area contributed by atoms with Gasteiger partial charge in [0.15, 0.2) is 0 Å². The number of anilines is 1. The summed E-state index contributed by atoms with van der Waals surface area (Å²) in [5, 5.41) is 3.59. The van der Waals surface area contributed by atoms with Crippen molar-refractivity contribution in [1.82, 2.24) is 14.9 Å². The van der Waals surface area contributed by atoms with Crippen LogP contribution in [-0.4, -0.2) is 26.9 Å². The summed E-state index contributed by atoms with van der Waals surface area (Å²) in [6.07, 6.45) is 6.18. The number of nitrogens with one attached hydrogen (secondary N) is 1. The van der Waals surface area contributed by atoms with Crippen molar-refractivity contribution in [3.8, 4) is 0 Å². The summed E-state index contributed by atoms with van der Waals surface area (Å²) < 4.78 is 0.761. The van der Waals surface area contributed by atoms with E-state index in [9.17, 15) is 4.79 Å². The van der Waals surface area contributed by atoms with Gasteiger partial charge in [-0.25, -0.2) is 14.8 Å². The summed E-state index contributed by atoms with van der Waals surface area (Å²) in [4.78, 5) is 23.2. The minimum Gasteiger partial charge on any atom is -0.314 e. The third-order valence-corrected chi connectivity index (χ3v) is 5.74. The van der Waals surface area contributed by atoms with Gasteiger partial charge in [-0.3, -0.25) is 0 Å². The summed E-state index contributed by atoms with van der Waals surface area (Å²) >= 11 is 9.37. The predicted molar refractivity (Wildman–Crippen MR) is 91.5 cm³/mol. The molecule has 0 aliphatic carbocycles. The summed E-state index contributed by atoms with van der Waals surface area (Å²) in [6.45, 7) is 0. The molecule has 1 saturated heterocycles. The lowest BCUT2D eigenvalue weighted by atomic mass is 10.00. The van der Waals surface area contributed by atoms with Gasteiger partial charge in [0.25, 0.3) is 0 Å². The quantitative estimate of drug-likeness (QED) is 0.790. The van der Waals surface area contributed by atoms with E-state index in [4.69, 9.17) is 11.6 Å². The lowest BCUT2D eigenvalue weighted by molar-refractivity contribution is 0.178. The predicted octanol–water partition coefficient (Wildman–Crippen LogP) is 4.19. The molecule has 2 atom stereocenters. The molecule has 7 heteroatoms. The van der Waals surface area contributed by atoms with Crippen LogP contribution in [0.4, 0.5) is 10.5 Å². The highest BCUT2D eigenvalue weighted by molar-refractivity contribution is 9.10. The molecule has 118 valence electrons. The first-order valence-electron chi connectivity index (χ1n) is 7.46. The van der Waals surface area contributed by atoms with E-state index in [0.717, 1.165) is 40.7 Å². The summed E-state index contributed by atoms with van der Waals surface area (Å²) in [6, 6.07) is 5.56. The Balaban J connectivity index is 1.59. The third-order valence-electron chi connectivity index (χ3n) is 4.52. The fourth-order valence-corrected chi connectivity index (χ4v) is 3.99. The lowest BCUT2D eigenvalue weighted by Crippen LogP contribution is -2.44. The van der Waals surface area contributed by atoms with Crippen LogP contribution in [0.1, 0.15) is 30.1 Å². The average molecular weight is 394 g/mol. The molecule has 2 aliphatic rings. The molecule has 23 heavy (non-hydrogen) atoms. The first-order valence-corrected chi connectivity index (χ1v) is 8.63. The largest absolute Gasteiger partial charge is 0.322 e. The van der Waals surface area contributed by atoms with E-state index in [2.05, 4.69) is 31.2 Å². The van der Waals surface area contributed by atoms with Gasteiger partial charge in [0.1, 0.15) is 6.33 Å². The zero-order valence-corrected chi connectivity index (χ0v) is 14.5. The third kappa shape index (κ3) is 2.60. The number of urea groups is 1. The molecule has 2 aliphatic heterocycles. The lowest BCUT2D eigenvalue weighted by Gasteiger charge is -2.35. The maximum absolute atomic E-state index is 12.8. The van der Waals surface area contributed by atoms with Crippen LogP contribution >= 0.6 is 27.5 Å². The van der Waals surface area contributed by atoms with Gasteiger partial charge in [-0.1, -0.05) is 11.6 Å². The molecule has 0 saturated carbocycles. The average Bonchev–Trinajstić information content (AvgIpc) is 2.86. The molecule has 2 amide bonds. The summed E-state index contributed by atoms with van der Waals surface area (Å²) in [5.74, 6) is 0. The highest BCUT2D eigenvalue weighted by Gasteiger charge is 2.43. The molecule has 4 rings (SSSR count). The smallest absolute Gasteiger partial charge is 0.314 e. The van der Waals surface area contributed by atoms with Crippen molar-refractivity contribution in [3.05, 3.63) is 51.5 Å². The summed E-state index contributed by atoms with van der Waals surface area (Å²) in [5.41, 5.74) is 2.88. The van der Waals surface area contributed by atoms with Crippen molar-refractivity contribution >= 4 is 39.2 Å². The van der Waals surface area contributed by atoms with Crippen LogP contribution < -0.4 is 5.32 Å². The Bertz CT molecular complexity index is 784. The van der Waals surface area contributed by atoms with Crippen LogP contribution in [0.5, 0.6) is 0 Å². The molecule has 1 aromatic carbocycles. The van der Waals surface area contributed by atoms with Crippen LogP contribution in [0.2, 0.25) is 5.02 Å². The number of carbonyl (C=O) groups is 1. The number of rotatable bonds is 1. The number of halogens is 2. The van der Waals surface area contributed by atoms with Gasteiger partial charge in [-0.2, -0.15) is 0 Å². The second-order valence-corrected chi connectivity index (χ2v) is 7.10. The number of aromatic nitrogens is 2. The van der Waals surface area contributed by atoms with Crippen molar-refractivity contribution < 1.29 is 4.79 Å². The van der Waals surface area contributed by atoms with Crippen molar-refractivity contribution in [2.45, 2.75) is 31.3 Å². The van der Waals surface area contributed by atoms with Crippen molar-refractivity contribution in [2.24, 2.45) is 0 Å². The van der Waals surface area contributed by atoms with Crippen molar-refractivity contribution in [2.75, 3.05) is 5.32 Å². The van der Waals surface area contributed by atoms with Crippen LogP contribution in [-0.2, 0) is 6.42 Å². The molecule has 1 fully saturated rings. The number of benzene rings is 1. The van der Waals surface area contributed by atoms with E-state index in [1.54, 1.807) is 18.5 Å². The summed E-state index contributed by atoms with van der Waals surface area (Å²) in [7, 11) is 0. The van der Waals surface area contributed by atoms with Gasteiger partial charge in [-0.05, 0) is 47.0 Å². The highest BCUT2D eigenvalue weighted by atomic mass is 79.9. The van der Waals surface area contributed by atoms with E-state index in [-0.39, 0.29) is 18.1 Å². The second-order valence-electron chi connectivity index (χ2n) is 5.84. The van der Waals surface area contributed by atoms with E-state index in [1.165, 1.54) is 0 Å². The number of fused-ring (bicyclic) bond motifs is 4. The first-order chi connectivity index (χ1) is 11.1. The van der Waals surface area contributed by atoms with Crippen LogP contribution in [0.15, 0.2) is 35.2 Å². The topological polar surface area (TPSA) is 58.1 Å². The second kappa shape index (κ2) is 5.76. The highest BCUT2D eigenvalue weighted by Crippen LogP contribution is 2.43. The Labute approximate surface area is 147 Å². The normalized spacial score (nSPS) is 21.9. The number of amides is 2. The van der Waals surface area contributed by atoms with Gasteiger partial charge in [0, 0.05) is 34.4 Å². The van der Waals surface area contributed by atoms with Crippen molar-refractivity contribution in [3.63, 3.8) is 0 Å². The molecule has 3 heterocycles. The van der Waals surface area contributed by atoms with E-state index < -0.39 is 0 Å². The van der Waals surface area contributed by atoms with Gasteiger partial charge < -0.3 is 10.2 Å². The fraction of sp³-hybridized carbons (Fsp3) is 0.312. The molecule has 0 spiro atoms. The molecule has 0 unspecified atom stereocenters. The van der Waals surface area contributed by atoms with Crippen LogP contribution in [0.25, 0.3) is 0 Å². The Morgan fingerprint density at radius 3 is 3.09 bits per heavy atom. The van der Waals surface area contributed by atoms with Gasteiger partial charge in [-0.15, -0.1) is 0 Å². The van der Waals surface area contributed by atoms with Gasteiger partial charge in [0.05, 0.1) is 16.8 Å². The minimum atomic E-state index is -0.0822. The van der Waals surface area contributed by atoms with Crippen LogP contribution in [0, 0.1) is 0 Å². The molecule has 5 nitrogen and oxygen atoms in total. The minimum absolute atomic E-state index is 0.0701. The first kappa shape index (κ1) is 14.9. The SMILES string of the molecule is O=C(Nc1ccc(Cl)c(Br)c1)N1[C@H]2CC[C@@H]1c1cncnc1C2. The molecular weight excluding hydrogens is 380 g/mol. The molecule has 1 N–H and O–H groups in total. The van der Waals surface area contributed by atoms with E-state index >= 15 is 0 Å².